The Bertz CT molecular complexity index is 1920. The minimum absolute atomic E-state index is 0.0941. The maximum Gasteiger partial charge on any atom is 0.264 e. The predicted molar refractivity (Wildman–Crippen MR) is 130 cm³/mol. The number of rotatable bonds is 3. The molecule has 7 nitrogen and oxygen atoms in total. The van der Waals surface area contributed by atoms with Crippen molar-refractivity contribution in [1.82, 2.24) is 19.6 Å². The maximum atomic E-state index is 13.5. The Balaban J connectivity index is 1.48. The highest BCUT2D eigenvalue weighted by Crippen LogP contribution is 2.36. The third-order valence-electron chi connectivity index (χ3n) is 6.27. The minimum Gasteiger partial charge on any atom is -0.497 e. The largest absolute Gasteiger partial charge is 0.497 e. The molecule has 0 aliphatic carbocycles. The van der Waals surface area contributed by atoms with Crippen molar-refractivity contribution >= 4 is 38.2 Å². The van der Waals surface area contributed by atoms with Gasteiger partial charge in [-0.1, -0.05) is 30.3 Å². The topological polar surface area (TPSA) is 82.5 Å². The summed E-state index contributed by atoms with van der Waals surface area (Å²) in [4.78, 5) is 18.3. The molecule has 3 heterocycles. The van der Waals surface area contributed by atoms with E-state index in [1.807, 2.05) is 78.9 Å². The van der Waals surface area contributed by atoms with Gasteiger partial charge in [0, 0.05) is 27.3 Å². The molecule has 7 heteroatoms. The number of hydrogen-bond acceptors (Lipinski definition) is 6. The number of pyridine rings is 1. The van der Waals surface area contributed by atoms with E-state index in [1.54, 1.807) is 11.5 Å². The summed E-state index contributed by atoms with van der Waals surface area (Å²) in [5.74, 6) is 1.56. The lowest BCUT2D eigenvalue weighted by molar-refractivity contribution is 0.415. The number of methoxy groups -OCH3 is 1. The van der Waals surface area contributed by atoms with Crippen LogP contribution in [-0.4, -0.2) is 26.7 Å². The molecule has 0 atom stereocenters. The van der Waals surface area contributed by atoms with Gasteiger partial charge < -0.3 is 9.15 Å². The number of fused-ring (bicyclic) bond motifs is 4. The lowest BCUT2D eigenvalue weighted by Gasteiger charge is -2.09. The zero-order valence-corrected chi connectivity index (χ0v) is 18.0. The summed E-state index contributed by atoms with van der Waals surface area (Å²) < 4.78 is 13.0. The average molecular weight is 444 g/mol. The monoisotopic (exact) mass is 444 g/mol. The maximum absolute atomic E-state index is 13.5. The molecular weight excluding hydrogens is 428 g/mol. The highest BCUT2D eigenvalue weighted by Gasteiger charge is 2.20. The van der Waals surface area contributed by atoms with E-state index in [-0.39, 0.29) is 5.56 Å². The second kappa shape index (κ2) is 6.86. The van der Waals surface area contributed by atoms with E-state index >= 15 is 0 Å². The van der Waals surface area contributed by atoms with Crippen molar-refractivity contribution in [2.75, 3.05) is 7.11 Å². The van der Waals surface area contributed by atoms with Gasteiger partial charge in [0.1, 0.15) is 11.4 Å². The van der Waals surface area contributed by atoms with Crippen LogP contribution < -0.4 is 10.3 Å². The molecule has 0 aliphatic rings. The van der Waals surface area contributed by atoms with Gasteiger partial charge in [0.2, 0.25) is 11.8 Å². The van der Waals surface area contributed by atoms with Crippen molar-refractivity contribution in [2.24, 2.45) is 0 Å². The molecule has 3 aromatic heterocycles. The molecule has 0 unspecified atom stereocenters. The van der Waals surface area contributed by atoms with Crippen molar-refractivity contribution in [3.8, 4) is 28.7 Å². The predicted octanol–water partition coefficient (Wildman–Crippen LogP) is 5.32. The van der Waals surface area contributed by atoms with Crippen LogP contribution in [-0.2, 0) is 0 Å². The number of ether oxygens (including phenoxy) is 1. The Kier molecular flexibility index (Phi) is 3.78. The molecule has 0 saturated heterocycles. The van der Waals surface area contributed by atoms with Crippen LogP contribution in [0.15, 0.2) is 88.1 Å². The Morgan fingerprint density at radius 1 is 0.794 bits per heavy atom. The quantitative estimate of drug-likeness (QED) is 0.367. The summed E-state index contributed by atoms with van der Waals surface area (Å²) in [6, 6.07) is 24.8. The summed E-state index contributed by atoms with van der Waals surface area (Å²) >= 11 is 0. The van der Waals surface area contributed by atoms with Crippen LogP contribution in [0.2, 0.25) is 0 Å². The summed E-state index contributed by atoms with van der Waals surface area (Å²) in [5, 5.41) is 11.8. The van der Waals surface area contributed by atoms with Gasteiger partial charge in [-0.05, 0) is 53.9 Å². The molecule has 7 aromatic rings. The van der Waals surface area contributed by atoms with Crippen molar-refractivity contribution in [1.29, 1.82) is 0 Å². The minimum atomic E-state index is -0.0941. The zero-order valence-electron chi connectivity index (χ0n) is 18.0. The van der Waals surface area contributed by atoms with E-state index in [1.165, 1.54) is 0 Å². The molecule has 7 rings (SSSR count). The molecule has 0 spiro atoms. The Morgan fingerprint density at radius 3 is 2.44 bits per heavy atom. The van der Waals surface area contributed by atoms with Crippen LogP contribution in [0.4, 0.5) is 0 Å². The van der Waals surface area contributed by atoms with Crippen molar-refractivity contribution in [3.05, 3.63) is 89.2 Å². The molecule has 0 fully saturated rings. The smallest absolute Gasteiger partial charge is 0.264 e. The van der Waals surface area contributed by atoms with Crippen LogP contribution in [0.25, 0.3) is 61.1 Å². The molecular formula is C27H16N4O3. The third-order valence-corrected chi connectivity index (χ3v) is 6.27. The molecule has 0 N–H and O–H groups in total. The molecule has 162 valence electrons. The normalized spacial score (nSPS) is 11.8. The molecule has 0 saturated carbocycles. The first-order chi connectivity index (χ1) is 16.7. The molecule has 0 aliphatic heterocycles. The number of para-hydroxylation sites is 2. The summed E-state index contributed by atoms with van der Waals surface area (Å²) in [5.41, 5.74) is 3.71. The number of nitrogens with zero attached hydrogens (tertiary/aromatic N) is 4. The fourth-order valence-corrected chi connectivity index (χ4v) is 4.67. The fraction of sp³-hybridized carbons (Fsp3) is 0.0370. The third kappa shape index (κ3) is 2.52. The number of hydrogen-bond donors (Lipinski definition) is 0. The summed E-state index contributed by atoms with van der Waals surface area (Å²) in [6.07, 6.45) is 0. The molecule has 34 heavy (non-hydrogen) atoms. The van der Waals surface area contributed by atoms with E-state index in [2.05, 4.69) is 10.2 Å². The number of imidazole rings is 1. The van der Waals surface area contributed by atoms with Gasteiger partial charge in [-0.15, -0.1) is 10.2 Å². The van der Waals surface area contributed by atoms with Crippen LogP contribution in [0, 0.1) is 0 Å². The summed E-state index contributed by atoms with van der Waals surface area (Å²) in [7, 11) is 1.62. The van der Waals surface area contributed by atoms with Crippen LogP contribution in [0.1, 0.15) is 0 Å². The Hall–Kier alpha value is -4.78. The average Bonchev–Trinajstić information content (AvgIpc) is 3.53. The first-order valence-electron chi connectivity index (χ1n) is 10.8. The van der Waals surface area contributed by atoms with Crippen LogP contribution >= 0.6 is 0 Å². The van der Waals surface area contributed by atoms with E-state index in [9.17, 15) is 4.79 Å². The Labute approximate surface area is 192 Å². The molecule has 4 aromatic carbocycles. The van der Waals surface area contributed by atoms with E-state index in [0.717, 1.165) is 44.1 Å². The Morgan fingerprint density at radius 2 is 1.59 bits per heavy atom. The SMILES string of the molecule is COc1ccc(-c2nnc(-c3ccc4c(=O)n5c6ccccc6nc5c5cccc3c45)o2)cc1. The van der Waals surface area contributed by atoms with E-state index in [4.69, 9.17) is 14.1 Å². The van der Waals surface area contributed by atoms with Gasteiger partial charge in [0.15, 0.2) is 0 Å². The fourth-order valence-electron chi connectivity index (χ4n) is 4.67. The lowest BCUT2D eigenvalue weighted by atomic mass is 9.98. The van der Waals surface area contributed by atoms with Gasteiger partial charge in [0.05, 0.1) is 18.1 Å². The van der Waals surface area contributed by atoms with E-state index < -0.39 is 0 Å². The highest BCUT2D eigenvalue weighted by molar-refractivity contribution is 6.18. The number of benzene rings is 4. The molecule has 0 amide bonds. The van der Waals surface area contributed by atoms with Crippen molar-refractivity contribution in [3.63, 3.8) is 0 Å². The second-order valence-electron chi connectivity index (χ2n) is 8.09. The standard InChI is InChI=1S/C27H16N4O3/c1-33-16-11-9-15(10-12-16)25-29-30-26(34-25)18-13-14-20-23-17(18)5-4-6-19(23)24-28-21-7-2-3-8-22(21)31(24)27(20)32/h2-14H,1H3. The van der Waals surface area contributed by atoms with E-state index in [0.29, 0.717) is 22.8 Å². The summed E-state index contributed by atoms with van der Waals surface area (Å²) in [6.45, 7) is 0. The zero-order chi connectivity index (χ0) is 22.8. The van der Waals surface area contributed by atoms with Gasteiger partial charge >= 0.3 is 0 Å². The second-order valence-corrected chi connectivity index (χ2v) is 8.09. The number of aromatic nitrogens is 4. The van der Waals surface area contributed by atoms with Gasteiger partial charge in [0.25, 0.3) is 5.56 Å². The molecule has 0 radical (unpaired) electrons. The lowest BCUT2D eigenvalue weighted by Crippen LogP contribution is -2.13. The van der Waals surface area contributed by atoms with Crippen LogP contribution in [0.3, 0.4) is 0 Å². The first-order valence-corrected chi connectivity index (χ1v) is 10.8. The van der Waals surface area contributed by atoms with Crippen molar-refractivity contribution < 1.29 is 9.15 Å². The van der Waals surface area contributed by atoms with Crippen molar-refractivity contribution in [2.45, 2.75) is 0 Å². The van der Waals surface area contributed by atoms with Gasteiger partial charge in [-0.2, -0.15) is 0 Å². The van der Waals surface area contributed by atoms with Crippen LogP contribution in [0.5, 0.6) is 5.75 Å². The van der Waals surface area contributed by atoms with Gasteiger partial charge in [-0.3, -0.25) is 9.20 Å². The molecule has 0 bridgehead atoms. The first kappa shape index (κ1) is 18.8. The van der Waals surface area contributed by atoms with Gasteiger partial charge in [-0.25, -0.2) is 4.98 Å². The highest BCUT2D eigenvalue weighted by atomic mass is 16.5.